The Morgan fingerprint density at radius 3 is 2.88 bits per heavy atom. The van der Waals surface area contributed by atoms with Gasteiger partial charge in [0.2, 0.25) is 5.91 Å². The van der Waals surface area contributed by atoms with E-state index in [1.807, 2.05) is 16.8 Å². The number of anilines is 1. The molecule has 0 unspecified atom stereocenters. The minimum absolute atomic E-state index is 0.101. The predicted molar refractivity (Wildman–Crippen MR) is 92.3 cm³/mol. The molecule has 0 atom stereocenters. The third-order valence-electron chi connectivity index (χ3n) is 3.11. The normalized spacial score (nSPS) is 10.6. The van der Waals surface area contributed by atoms with E-state index in [0.29, 0.717) is 17.3 Å². The lowest BCUT2D eigenvalue weighted by Gasteiger charge is -2.14. The van der Waals surface area contributed by atoms with Crippen LogP contribution in [-0.4, -0.2) is 40.4 Å². The first-order valence-electron chi connectivity index (χ1n) is 6.99. The number of rotatable bonds is 5. The van der Waals surface area contributed by atoms with Gasteiger partial charge in [-0.2, -0.15) is 11.3 Å². The van der Waals surface area contributed by atoms with Gasteiger partial charge in [0, 0.05) is 29.4 Å². The first-order chi connectivity index (χ1) is 11.5. The number of amides is 2. The first-order valence-corrected chi connectivity index (χ1v) is 8.82. The lowest BCUT2D eigenvalue weighted by atomic mass is 10.3. The zero-order valence-corrected chi connectivity index (χ0v) is 14.6. The molecule has 3 heterocycles. The van der Waals surface area contributed by atoms with Gasteiger partial charge in [-0.3, -0.25) is 9.59 Å². The molecular weight excluding hydrogens is 348 g/mol. The summed E-state index contributed by atoms with van der Waals surface area (Å²) in [5.41, 5.74) is 1.32. The molecule has 0 fully saturated rings. The van der Waals surface area contributed by atoms with Gasteiger partial charge in [-0.15, -0.1) is 11.3 Å². The number of aromatic nitrogens is 2. The Bertz CT molecular complexity index is 854. The molecule has 3 aromatic heterocycles. The van der Waals surface area contributed by atoms with Gasteiger partial charge in [0.25, 0.3) is 5.91 Å². The van der Waals surface area contributed by atoms with E-state index in [1.165, 1.54) is 16.2 Å². The number of thiophene rings is 1. The van der Waals surface area contributed by atoms with Gasteiger partial charge in [0.05, 0.1) is 6.54 Å². The van der Waals surface area contributed by atoms with Crippen LogP contribution in [0, 0.1) is 6.92 Å². The molecule has 24 heavy (non-hydrogen) atoms. The largest absolute Gasteiger partial charge is 0.360 e. The lowest BCUT2D eigenvalue weighted by molar-refractivity contribution is -0.116. The van der Waals surface area contributed by atoms with Crippen molar-refractivity contribution in [2.24, 2.45) is 0 Å². The third kappa shape index (κ3) is 3.69. The standard InChI is InChI=1S/C15H14N4O3S2/c1-9-5-12(18-22-9)17-13(20)6-19(2)15(21)11-8-24-14(16-11)10-3-4-23-7-10/h3-5,7-8H,6H2,1-2H3,(H,17,18,20). The second-order valence-corrected chi connectivity index (χ2v) is 6.72. The monoisotopic (exact) mass is 362 g/mol. The molecule has 0 radical (unpaired) electrons. The third-order valence-corrected chi connectivity index (χ3v) is 4.69. The second kappa shape index (κ2) is 6.93. The molecule has 0 aliphatic rings. The van der Waals surface area contributed by atoms with Crippen molar-refractivity contribution in [3.05, 3.63) is 39.7 Å². The number of aryl methyl sites for hydroxylation is 1. The fourth-order valence-corrected chi connectivity index (χ4v) is 3.49. The Labute approximate surface area is 145 Å². The highest BCUT2D eigenvalue weighted by atomic mass is 32.1. The van der Waals surface area contributed by atoms with E-state index in [4.69, 9.17) is 4.52 Å². The maximum atomic E-state index is 12.4. The van der Waals surface area contributed by atoms with Gasteiger partial charge >= 0.3 is 0 Å². The van der Waals surface area contributed by atoms with Gasteiger partial charge in [-0.1, -0.05) is 5.16 Å². The van der Waals surface area contributed by atoms with Gasteiger partial charge < -0.3 is 14.7 Å². The van der Waals surface area contributed by atoms with Crippen LogP contribution in [0.1, 0.15) is 16.2 Å². The number of likely N-dealkylation sites (N-methyl/N-ethyl adjacent to an activating group) is 1. The van der Waals surface area contributed by atoms with Gasteiger partial charge in [-0.25, -0.2) is 4.98 Å². The number of hydrogen-bond donors (Lipinski definition) is 1. The fourth-order valence-electron chi connectivity index (χ4n) is 1.98. The van der Waals surface area contributed by atoms with Crippen LogP contribution in [0.3, 0.4) is 0 Å². The van der Waals surface area contributed by atoms with Crippen LogP contribution < -0.4 is 5.32 Å². The number of thiazole rings is 1. The minimum atomic E-state index is -0.354. The molecule has 0 saturated carbocycles. The van der Waals surface area contributed by atoms with Crippen LogP contribution in [0.5, 0.6) is 0 Å². The van der Waals surface area contributed by atoms with Crippen LogP contribution >= 0.6 is 22.7 Å². The van der Waals surface area contributed by atoms with Crippen molar-refractivity contribution in [3.8, 4) is 10.6 Å². The molecule has 0 spiro atoms. The molecule has 7 nitrogen and oxygen atoms in total. The molecule has 0 bridgehead atoms. The molecule has 0 aliphatic heterocycles. The van der Waals surface area contributed by atoms with E-state index in [1.54, 1.807) is 36.8 Å². The molecule has 1 N–H and O–H groups in total. The van der Waals surface area contributed by atoms with Crippen LogP contribution in [0.2, 0.25) is 0 Å². The van der Waals surface area contributed by atoms with Gasteiger partial charge in [0.1, 0.15) is 16.5 Å². The number of nitrogens with zero attached hydrogens (tertiary/aromatic N) is 3. The number of nitrogens with one attached hydrogen (secondary N) is 1. The molecule has 2 amide bonds. The van der Waals surface area contributed by atoms with Gasteiger partial charge in [-0.05, 0) is 18.4 Å². The van der Waals surface area contributed by atoms with Crippen molar-refractivity contribution in [1.29, 1.82) is 0 Å². The van der Waals surface area contributed by atoms with E-state index in [-0.39, 0.29) is 18.4 Å². The SMILES string of the molecule is Cc1cc(NC(=O)CN(C)C(=O)c2csc(-c3ccsc3)n2)no1. The number of carbonyl (C=O) groups excluding carboxylic acids is 2. The minimum Gasteiger partial charge on any atom is -0.360 e. The molecule has 3 aromatic rings. The average Bonchev–Trinajstić information content (AvgIpc) is 3.27. The molecular formula is C15H14N4O3S2. The number of carbonyl (C=O) groups is 2. The van der Waals surface area contributed by atoms with Gasteiger partial charge in [0.15, 0.2) is 5.82 Å². The zero-order chi connectivity index (χ0) is 17.1. The summed E-state index contributed by atoms with van der Waals surface area (Å²) in [7, 11) is 1.56. The average molecular weight is 362 g/mol. The van der Waals surface area contributed by atoms with Crippen LogP contribution in [0.25, 0.3) is 10.6 Å². The summed E-state index contributed by atoms with van der Waals surface area (Å²) in [5, 5.41) is 12.7. The summed E-state index contributed by atoms with van der Waals surface area (Å²) in [6.45, 7) is 1.63. The highest BCUT2D eigenvalue weighted by Gasteiger charge is 2.19. The summed E-state index contributed by atoms with van der Waals surface area (Å²) < 4.78 is 4.87. The fraction of sp³-hybridized carbons (Fsp3) is 0.200. The van der Waals surface area contributed by atoms with Crippen molar-refractivity contribution < 1.29 is 14.1 Å². The van der Waals surface area contributed by atoms with Crippen molar-refractivity contribution in [3.63, 3.8) is 0 Å². The smallest absolute Gasteiger partial charge is 0.273 e. The summed E-state index contributed by atoms with van der Waals surface area (Å²) in [6.07, 6.45) is 0. The quantitative estimate of drug-likeness (QED) is 0.754. The van der Waals surface area contributed by atoms with E-state index >= 15 is 0 Å². The molecule has 0 aliphatic carbocycles. The molecule has 9 heteroatoms. The Morgan fingerprint density at radius 2 is 2.21 bits per heavy atom. The lowest BCUT2D eigenvalue weighted by Crippen LogP contribution is -2.35. The predicted octanol–water partition coefficient (Wildman–Crippen LogP) is 2.88. The Hall–Kier alpha value is -2.52. The first kappa shape index (κ1) is 16.3. The maximum Gasteiger partial charge on any atom is 0.273 e. The van der Waals surface area contributed by atoms with E-state index in [2.05, 4.69) is 15.5 Å². The second-order valence-electron chi connectivity index (χ2n) is 5.08. The molecule has 0 saturated heterocycles. The number of hydrogen-bond acceptors (Lipinski definition) is 7. The summed E-state index contributed by atoms with van der Waals surface area (Å²) in [4.78, 5) is 30.0. The van der Waals surface area contributed by atoms with Crippen molar-refractivity contribution in [1.82, 2.24) is 15.0 Å². The summed E-state index contributed by atoms with van der Waals surface area (Å²) in [6, 6.07) is 3.56. The Morgan fingerprint density at radius 1 is 1.38 bits per heavy atom. The Balaban J connectivity index is 1.61. The van der Waals surface area contributed by atoms with E-state index in [9.17, 15) is 9.59 Å². The molecule has 124 valence electrons. The topological polar surface area (TPSA) is 88.3 Å². The maximum absolute atomic E-state index is 12.4. The van der Waals surface area contributed by atoms with Crippen LogP contribution in [-0.2, 0) is 4.79 Å². The van der Waals surface area contributed by atoms with E-state index in [0.717, 1.165) is 10.6 Å². The Kier molecular flexibility index (Phi) is 4.72. The zero-order valence-electron chi connectivity index (χ0n) is 13.0. The molecule has 3 rings (SSSR count). The van der Waals surface area contributed by atoms with Crippen molar-refractivity contribution in [2.45, 2.75) is 6.92 Å². The van der Waals surface area contributed by atoms with Crippen molar-refractivity contribution >= 4 is 40.3 Å². The summed E-state index contributed by atoms with van der Waals surface area (Å²) in [5.74, 6) is 0.261. The molecule has 0 aromatic carbocycles. The van der Waals surface area contributed by atoms with Crippen LogP contribution in [0.15, 0.2) is 32.8 Å². The highest BCUT2D eigenvalue weighted by Crippen LogP contribution is 2.26. The summed E-state index contributed by atoms with van der Waals surface area (Å²) >= 11 is 2.98. The van der Waals surface area contributed by atoms with Crippen LogP contribution in [0.4, 0.5) is 5.82 Å². The highest BCUT2D eigenvalue weighted by molar-refractivity contribution is 7.14. The van der Waals surface area contributed by atoms with Crippen molar-refractivity contribution in [2.75, 3.05) is 18.9 Å². The van der Waals surface area contributed by atoms with E-state index < -0.39 is 0 Å².